The van der Waals surface area contributed by atoms with Crippen LogP contribution < -0.4 is 0 Å². The minimum atomic E-state index is 0.247. The molecule has 0 aromatic carbocycles. The summed E-state index contributed by atoms with van der Waals surface area (Å²) in [6.45, 7) is 14.8. The molecule has 1 aliphatic rings. The number of amides is 1. The number of rotatable bonds is 2. The van der Waals surface area contributed by atoms with Crippen molar-refractivity contribution in [2.45, 2.75) is 60.4 Å². The minimum absolute atomic E-state index is 0.247. The third-order valence-corrected chi connectivity index (χ3v) is 3.01. The predicted octanol–water partition coefficient (Wildman–Crippen LogP) is 3.33. The zero-order valence-electron chi connectivity index (χ0n) is 13.2. The number of carbonyl (C=O) groups is 1. The number of hydrogen-bond acceptors (Lipinski definition) is 2. The van der Waals surface area contributed by atoms with Crippen LogP contribution in [0.2, 0.25) is 0 Å². The molecule has 0 spiro atoms. The SMILES string of the molecule is CC(C)(C)C1CCCN1C=O.COCC(C)(C)C. The Morgan fingerprint density at radius 1 is 1.22 bits per heavy atom. The smallest absolute Gasteiger partial charge is 0.209 e. The van der Waals surface area contributed by atoms with Crippen LogP contribution in [-0.4, -0.2) is 37.6 Å². The van der Waals surface area contributed by atoms with Gasteiger partial charge in [-0.05, 0) is 23.7 Å². The van der Waals surface area contributed by atoms with Crippen LogP contribution in [0.5, 0.6) is 0 Å². The lowest BCUT2D eigenvalue weighted by atomic mass is 9.85. The lowest BCUT2D eigenvalue weighted by Gasteiger charge is -2.32. The maximum absolute atomic E-state index is 10.6. The number of nitrogens with zero attached hydrogens (tertiary/aromatic N) is 1. The third kappa shape index (κ3) is 7.00. The van der Waals surface area contributed by atoms with E-state index in [9.17, 15) is 4.79 Å². The van der Waals surface area contributed by atoms with Crippen LogP contribution >= 0.6 is 0 Å². The second-order valence-corrected chi connectivity index (χ2v) is 7.36. The van der Waals surface area contributed by atoms with Crippen molar-refractivity contribution in [1.82, 2.24) is 4.90 Å². The van der Waals surface area contributed by atoms with E-state index in [1.807, 2.05) is 4.90 Å². The molecule has 3 heteroatoms. The fraction of sp³-hybridized carbons (Fsp3) is 0.933. The maximum atomic E-state index is 10.6. The molecule has 108 valence electrons. The van der Waals surface area contributed by atoms with Gasteiger partial charge in [0, 0.05) is 19.7 Å². The van der Waals surface area contributed by atoms with Gasteiger partial charge in [-0.3, -0.25) is 4.79 Å². The molecule has 1 aliphatic heterocycles. The van der Waals surface area contributed by atoms with Gasteiger partial charge in [0.15, 0.2) is 0 Å². The summed E-state index contributed by atoms with van der Waals surface area (Å²) in [5.41, 5.74) is 0.576. The van der Waals surface area contributed by atoms with Gasteiger partial charge in [0.05, 0.1) is 6.61 Å². The van der Waals surface area contributed by atoms with Gasteiger partial charge < -0.3 is 9.64 Å². The molecule has 1 fully saturated rings. The van der Waals surface area contributed by atoms with Crippen molar-refractivity contribution in [2.24, 2.45) is 10.8 Å². The molecular weight excluding hydrogens is 226 g/mol. The van der Waals surface area contributed by atoms with Gasteiger partial charge in [-0.2, -0.15) is 0 Å². The van der Waals surface area contributed by atoms with Crippen molar-refractivity contribution in [3.05, 3.63) is 0 Å². The number of hydrogen-bond donors (Lipinski definition) is 0. The molecule has 1 heterocycles. The van der Waals surface area contributed by atoms with Crippen molar-refractivity contribution >= 4 is 6.41 Å². The highest BCUT2D eigenvalue weighted by Gasteiger charge is 2.32. The molecule has 0 saturated carbocycles. The molecule has 1 amide bonds. The highest BCUT2D eigenvalue weighted by Crippen LogP contribution is 2.31. The molecule has 3 nitrogen and oxygen atoms in total. The summed E-state index contributed by atoms with van der Waals surface area (Å²) in [4.78, 5) is 12.5. The first kappa shape index (κ1) is 17.4. The zero-order chi connectivity index (χ0) is 14.4. The van der Waals surface area contributed by atoms with Gasteiger partial charge in [-0.25, -0.2) is 0 Å². The molecule has 1 saturated heterocycles. The van der Waals surface area contributed by atoms with E-state index in [0.29, 0.717) is 11.5 Å². The number of methoxy groups -OCH3 is 1. The lowest BCUT2D eigenvalue weighted by Crippen LogP contribution is -2.38. The predicted molar refractivity (Wildman–Crippen MR) is 76.6 cm³/mol. The van der Waals surface area contributed by atoms with E-state index >= 15 is 0 Å². The van der Waals surface area contributed by atoms with E-state index in [0.717, 1.165) is 19.6 Å². The maximum Gasteiger partial charge on any atom is 0.209 e. The van der Waals surface area contributed by atoms with Gasteiger partial charge >= 0.3 is 0 Å². The Balaban J connectivity index is 0.000000360. The summed E-state index contributed by atoms with van der Waals surface area (Å²) in [5.74, 6) is 0. The van der Waals surface area contributed by atoms with Crippen LogP contribution in [0.4, 0.5) is 0 Å². The molecule has 0 aromatic heterocycles. The van der Waals surface area contributed by atoms with E-state index in [1.165, 1.54) is 12.8 Å². The van der Waals surface area contributed by atoms with Gasteiger partial charge in [0.1, 0.15) is 0 Å². The topological polar surface area (TPSA) is 29.5 Å². The van der Waals surface area contributed by atoms with E-state index in [-0.39, 0.29) is 5.41 Å². The van der Waals surface area contributed by atoms with Crippen LogP contribution in [0.25, 0.3) is 0 Å². The van der Waals surface area contributed by atoms with Crippen LogP contribution in [0.15, 0.2) is 0 Å². The monoisotopic (exact) mass is 257 g/mol. The van der Waals surface area contributed by atoms with Crippen LogP contribution in [0, 0.1) is 10.8 Å². The van der Waals surface area contributed by atoms with Crippen molar-refractivity contribution in [3.63, 3.8) is 0 Å². The standard InChI is InChI=1S/C9H17NO.C6H14O/c1-9(2,3)8-5-4-6-10(8)7-11;1-6(2,3)5-7-4/h7-8H,4-6H2,1-3H3;5H2,1-4H3. The lowest BCUT2D eigenvalue weighted by molar-refractivity contribution is -0.120. The number of carbonyl (C=O) groups excluding carboxylic acids is 1. The first-order valence-corrected chi connectivity index (χ1v) is 6.82. The van der Waals surface area contributed by atoms with E-state index in [2.05, 4.69) is 41.5 Å². The van der Waals surface area contributed by atoms with E-state index in [1.54, 1.807) is 7.11 Å². The Hall–Kier alpha value is -0.570. The number of ether oxygens (including phenoxy) is 1. The molecule has 0 N–H and O–H groups in total. The molecule has 1 unspecified atom stereocenters. The van der Waals surface area contributed by atoms with Crippen molar-refractivity contribution in [1.29, 1.82) is 0 Å². The highest BCUT2D eigenvalue weighted by molar-refractivity contribution is 5.48. The summed E-state index contributed by atoms with van der Waals surface area (Å²) in [6, 6.07) is 0.458. The Labute approximate surface area is 113 Å². The summed E-state index contributed by atoms with van der Waals surface area (Å²) in [6.07, 6.45) is 3.33. The third-order valence-electron chi connectivity index (χ3n) is 3.01. The Kier molecular flexibility index (Phi) is 6.90. The molecule has 0 bridgehead atoms. The highest BCUT2D eigenvalue weighted by atomic mass is 16.5. The molecule has 18 heavy (non-hydrogen) atoms. The summed E-state index contributed by atoms with van der Waals surface area (Å²) in [5, 5.41) is 0. The summed E-state index contributed by atoms with van der Waals surface area (Å²) < 4.78 is 4.91. The molecule has 0 radical (unpaired) electrons. The van der Waals surface area contributed by atoms with Crippen LogP contribution in [0.1, 0.15) is 54.4 Å². The summed E-state index contributed by atoms with van der Waals surface area (Å²) >= 11 is 0. The Bertz CT molecular complexity index is 238. The second kappa shape index (κ2) is 7.13. The largest absolute Gasteiger partial charge is 0.384 e. The second-order valence-electron chi connectivity index (χ2n) is 7.36. The van der Waals surface area contributed by atoms with Crippen molar-refractivity contribution in [2.75, 3.05) is 20.3 Å². The normalized spacial score (nSPS) is 20.4. The van der Waals surface area contributed by atoms with Crippen LogP contribution in [0.3, 0.4) is 0 Å². The Morgan fingerprint density at radius 2 is 1.78 bits per heavy atom. The fourth-order valence-electron chi connectivity index (χ4n) is 2.28. The molecule has 0 aromatic rings. The molecule has 1 rings (SSSR count). The number of likely N-dealkylation sites (tertiary alicyclic amines) is 1. The molecular formula is C15H31NO2. The summed E-state index contributed by atoms with van der Waals surface area (Å²) in [7, 11) is 1.73. The van der Waals surface area contributed by atoms with Crippen LogP contribution in [-0.2, 0) is 9.53 Å². The van der Waals surface area contributed by atoms with Crippen molar-refractivity contribution in [3.8, 4) is 0 Å². The Morgan fingerprint density at radius 3 is 2.00 bits per heavy atom. The minimum Gasteiger partial charge on any atom is -0.384 e. The average Bonchev–Trinajstić information content (AvgIpc) is 2.63. The van der Waals surface area contributed by atoms with Gasteiger partial charge in [0.2, 0.25) is 6.41 Å². The average molecular weight is 257 g/mol. The zero-order valence-corrected chi connectivity index (χ0v) is 13.2. The van der Waals surface area contributed by atoms with Gasteiger partial charge in [-0.1, -0.05) is 41.5 Å². The van der Waals surface area contributed by atoms with Crippen molar-refractivity contribution < 1.29 is 9.53 Å². The van der Waals surface area contributed by atoms with E-state index < -0.39 is 0 Å². The molecule has 1 atom stereocenters. The van der Waals surface area contributed by atoms with Gasteiger partial charge in [-0.15, -0.1) is 0 Å². The fourth-order valence-corrected chi connectivity index (χ4v) is 2.28. The quantitative estimate of drug-likeness (QED) is 0.710. The first-order chi connectivity index (χ1) is 8.11. The van der Waals surface area contributed by atoms with Gasteiger partial charge in [0.25, 0.3) is 0 Å². The van der Waals surface area contributed by atoms with E-state index in [4.69, 9.17) is 4.74 Å². The first-order valence-electron chi connectivity index (χ1n) is 6.82. The molecule has 0 aliphatic carbocycles.